The third-order valence-electron chi connectivity index (χ3n) is 3.36. The Hall–Kier alpha value is -1.41. The summed E-state index contributed by atoms with van der Waals surface area (Å²) in [6.45, 7) is 1.23. The Morgan fingerprint density at radius 3 is 2.50 bits per heavy atom. The topological polar surface area (TPSA) is 89.5 Å². The maximum atomic E-state index is 11.8. The number of nitrogens with one attached hydrogen (secondary N) is 1. The van der Waals surface area contributed by atoms with Crippen molar-refractivity contribution < 1.29 is 22.7 Å². The lowest BCUT2D eigenvalue weighted by atomic mass is 10.0. The Morgan fingerprint density at radius 1 is 1.32 bits per heavy atom. The van der Waals surface area contributed by atoms with Crippen LogP contribution in [0.5, 0.6) is 0 Å². The molecule has 1 N–H and O–H groups in total. The van der Waals surface area contributed by atoms with Crippen molar-refractivity contribution in [1.82, 2.24) is 5.32 Å². The molecule has 0 aromatic heterocycles. The van der Waals surface area contributed by atoms with Gasteiger partial charge >= 0.3 is 5.97 Å². The van der Waals surface area contributed by atoms with Crippen molar-refractivity contribution >= 4 is 37.6 Å². The summed E-state index contributed by atoms with van der Waals surface area (Å²) in [4.78, 5) is 23.6. The number of hydrogen-bond donors (Lipinski definition) is 1. The van der Waals surface area contributed by atoms with Gasteiger partial charge in [-0.1, -0.05) is 15.9 Å². The van der Waals surface area contributed by atoms with E-state index in [9.17, 15) is 18.0 Å². The van der Waals surface area contributed by atoms with E-state index in [1.165, 1.54) is 0 Å². The van der Waals surface area contributed by atoms with E-state index < -0.39 is 33.9 Å². The molecule has 1 aromatic rings. The number of sulfone groups is 1. The van der Waals surface area contributed by atoms with Crippen molar-refractivity contribution in [3.05, 3.63) is 34.3 Å². The number of carbonyl (C=O) groups excluding carboxylic acids is 2. The minimum atomic E-state index is -3.10. The van der Waals surface area contributed by atoms with E-state index in [0.29, 0.717) is 12.0 Å². The van der Waals surface area contributed by atoms with Crippen molar-refractivity contribution in [1.29, 1.82) is 0 Å². The third-order valence-corrected chi connectivity index (χ3v) is 5.79. The van der Waals surface area contributed by atoms with Crippen molar-refractivity contribution in [2.75, 3.05) is 18.1 Å². The van der Waals surface area contributed by atoms with Crippen LogP contribution in [0.2, 0.25) is 0 Å². The first-order valence-electron chi connectivity index (χ1n) is 6.63. The maximum Gasteiger partial charge on any atom is 0.338 e. The van der Waals surface area contributed by atoms with E-state index in [0.717, 1.165) is 4.47 Å². The number of hydrogen-bond acceptors (Lipinski definition) is 5. The normalized spacial score (nSPS) is 23.0. The predicted molar refractivity (Wildman–Crippen MR) is 84.2 cm³/mol. The zero-order chi connectivity index (χ0) is 16.4. The Labute approximate surface area is 137 Å². The molecule has 1 fully saturated rings. The summed E-state index contributed by atoms with van der Waals surface area (Å²) in [6.07, 6.45) is 0.363. The van der Waals surface area contributed by atoms with Gasteiger partial charge < -0.3 is 10.1 Å². The summed E-state index contributed by atoms with van der Waals surface area (Å²) < 4.78 is 28.7. The van der Waals surface area contributed by atoms with Crippen LogP contribution in [-0.4, -0.2) is 43.9 Å². The smallest absolute Gasteiger partial charge is 0.338 e. The van der Waals surface area contributed by atoms with Gasteiger partial charge in [-0.2, -0.15) is 0 Å². The molecule has 1 amide bonds. The van der Waals surface area contributed by atoms with Crippen LogP contribution in [0, 0.1) is 0 Å². The van der Waals surface area contributed by atoms with Crippen molar-refractivity contribution in [2.45, 2.75) is 18.9 Å². The molecule has 8 heteroatoms. The molecule has 0 saturated carbocycles. The van der Waals surface area contributed by atoms with Gasteiger partial charge in [0.2, 0.25) is 0 Å². The number of ether oxygens (including phenoxy) is 1. The van der Waals surface area contributed by atoms with Crippen LogP contribution in [0.1, 0.15) is 23.7 Å². The van der Waals surface area contributed by atoms with Crippen LogP contribution in [0.25, 0.3) is 0 Å². The molecule has 120 valence electrons. The molecule has 0 aliphatic carbocycles. The number of esters is 1. The lowest BCUT2D eigenvalue weighted by molar-refractivity contribution is -0.125. The third kappa shape index (κ3) is 4.54. The van der Waals surface area contributed by atoms with Crippen LogP contribution in [0.3, 0.4) is 0 Å². The molecule has 0 spiro atoms. The molecule has 1 atom stereocenters. The van der Waals surface area contributed by atoms with E-state index in [1.807, 2.05) is 0 Å². The van der Waals surface area contributed by atoms with Crippen LogP contribution in [-0.2, 0) is 19.4 Å². The van der Waals surface area contributed by atoms with E-state index in [1.54, 1.807) is 31.2 Å². The van der Waals surface area contributed by atoms with Gasteiger partial charge in [0.15, 0.2) is 16.4 Å². The Kier molecular flexibility index (Phi) is 4.91. The molecule has 0 unspecified atom stereocenters. The molecule has 22 heavy (non-hydrogen) atoms. The summed E-state index contributed by atoms with van der Waals surface area (Å²) in [5, 5.41) is 2.62. The monoisotopic (exact) mass is 389 g/mol. The lowest BCUT2D eigenvalue weighted by Crippen LogP contribution is -2.48. The van der Waals surface area contributed by atoms with Gasteiger partial charge in [0.1, 0.15) is 0 Å². The summed E-state index contributed by atoms with van der Waals surface area (Å²) >= 11 is 3.26. The van der Waals surface area contributed by atoms with Crippen molar-refractivity contribution in [2.24, 2.45) is 0 Å². The predicted octanol–water partition coefficient (Wildman–Crippen LogP) is 1.30. The minimum Gasteiger partial charge on any atom is -0.452 e. The molecule has 0 radical (unpaired) electrons. The first-order chi connectivity index (χ1) is 10.2. The summed E-state index contributed by atoms with van der Waals surface area (Å²) in [5.41, 5.74) is -0.453. The van der Waals surface area contributed by atoms with E-state index >= 15 is 0 Å². The van der Waals surface area contributed by atoms with Gasteiger partial charge in [-0.05, 0) is 37.6 Å². The second-order valence-electron chi connectivity index (χ2n) is 5.53. The first kappa shape index (κ1) is 17.0. The zero-order valence-corrected chi connectivity index (χ0v) is 14.4. The van der Waals surface area contributed by atoms with Crippen LogP contribution < -0.4 is 5.32 Å². The van der Waals surface area contributed by atoms with Gasteiger partial charge in [-0.3, -0.25) is 4.79 Å². The summed E-state index contributed by atoms with van der Waals surface area (Å²) in [6, 6.07) is 6.55. The average Bonchev–Trinajstić information content (AvgIpc) is 2.70. The molecular formula is C14H16BrNO5S. The standard InChI is InChI=1S/C14H16BrNO5S/c1-14(6-7-22(19,20)9-14)16-12(17)8-21-13(18)10-2-4-11(15)5-3-10/h2-5H,6-9H2,1H3,(H,16,17)/t14-/m1/s1. The average molecular weight is 390 g/mol. The van der Waals surface area contributed by atoms with Crippen LogP contribution >= 0.6 is 15.9 Å². The second-order valence-corrected chi connectivity index (χ2v) is 8.63. The Bertz CT molecular complexity index is 686. The quantitative estimate of drug-likeness (QED) is 0.783. The fraction of sp³-hybridized carbons (Fsp3) is 0.429. The van der Waals surface area contributed by atoms with Crippen LogP contribution in [0.4, 0.5) is 0 Å². The minimum absolute atomic E-state index is 0.0580. The van der Waals surface area contributed by atoms with Crippen LogP contribution in [0.15, 0.2) is 28.7 Å². The molecule has 0 bridgehead atoms. The largest absolute Gasteiger partial charge is 0.452 e. The maximum absolute atomic E-state index is 11.8. The molecule has 6 nitrogen and oxygen atoms in total. The summed E-state index contributed by atoms with van der Waals surface area (Å²) in [5.74, 6) is -1.15. The van der Waals surface area contributed by atoms with E-state index in [-0.39, 0.29) is 11.5 Å². The highest BCUT2D eigenvalue weighted by Gasteiger charge is 2.39. The molecule has 1 aliphatic rings. The van der Waals surface area contributed by atoms with Gasteiger partial charge in [-0.25, -0.2) is 13.2 Å². The van der Waals surface area contributed by atoms with Gasteiger partial charge in [0.05, 0.1) is 22.6 Å². The highest BCUT2D eigenvalue weighted by atomic mass is 79.9. The zero-order valence-electron chi connectivity index (χ0n) is 12.0. The van der Waals surface area contributed by atoms with Crippen molar-refractivity contribution in [3.63, 3.8) is 0 Å². The Balaban J connectivity index is 1.85. The van der Waals surface area contributed by atoms with Gasteiger partial charge in [0.25, 0.3) is 5.91 Å². The number of benzene rings is 1. The Morgan fingerprint density at radius 2 is 1.95 bits per heavy atom. The van der Waals surface area contributed by atoms with Crippen molar-refractivity contribution in [3.8, 4) is 0 Å². The molecular weight excluding hydrogens is 374 g/mol. The number of carbonyl (C=O) groups is 2. The number of rotatable bonds is 4. The number of amides is 1. The molecule has 1 saturated heterocycles. The highest BCUT2D eigenvalue weighted by Crippen LogP contribution is 2.22. The molecule has 2 rings (SSSR count). The number of halogens is 1. The van der Waals surface area contributed by atoms with E-state index in [4.69, 9.17) is 4.74 Å². The molecule has 1 aromatic carbocycles. The molecule has 1 aliphatic heterocycles. The first-order valence-corrected chi connectivity index (χ1v) is 9.25. The van der Waals surface area contributed by atoms with Gasteiger partial charge in [-0.15, -0.1) is 0 Å². The van der Waals surface area contributed by atoms with E-state index in [2.05, 4.69) is 21.2 Å². The second kappa shape index (κ2) is 6.37. The highest BCUT2D eigenvalue weighted by molar-refractivity contribution is 9.10. The lowest BCUT2D eigenvalue weighted by Gasteiger charge is -2.23. The summed E-state index contributed by atoms with van der Waals surface area (Å²) in [7, 11) is -3.10. The molecule has 1 heterocycles. The van der Waals surface area contributed by atoms with Gasteiger partial charge in [0, 0.05) is 4.47 Å². The SMILES string of the molecule is C[C@@]1(NC(=O)COC(=O)c2ccc(Br)cc2)CCS(=O)(=O)C1. The fourth-order valence-electron chi connectivity index (χ4n) is 2.28. The fourth-order valence-corrected chi connectivity index (χ4v) is 4.64.